The zero-order valence-electron chi connectivity index (χ0n) is 39.3. The molecule has 0 unspecified atom stereocenters. The molecule has 4 heterocycles. The standard InChI is InChI=1S/C47H76O20/c1-19(17-61-42-39(57)37(55)34(52)29(16-48)63-42)9-12-47(59)20(2)32-28(67-47)15-27-25-8-7-23-13-24(50)14-31(46(23,6)26(25)10-11-45(27,32)5)65-44-41(38(56)35(53)30(64-44)18-60-22(4)49)66-43-40(58)36(54)33(51)21(3)62-43/h7,19-21,24-44,48,50-59H,8-18H2,1-6H3/t19-,20+,21+,24-,25-,26+,27+,28+,29-,30-,31-,32+,33+,34-,35+,36-,37+,38+,39-,40-,41-,42-,43+,44+,45+,46+,47+/m1/s1. The quantitative estimate of drug-likeness (QED) is 0.0756. The smallest absolute Gasteiger partial charge is 0.302 e. The highest BCUT2D eigenvalue weighted by Crippen LogP contribution is 2.70. The van der Waals surface area contributed by atoms with Gasteiger partial charge in [0.25, 0.3) is 0 Å². The number of aliphatic hydroxyl groups is 11. The van der Waals surface area contributed by atoms with Gasteiger partial charge in [0, 0.05) is 31.1 Å². The minimum Gasteiger partial charge on any atom is -0.463 e. The van der Waals surface area contributed by atoms with Crippen molar-refractivity contribution in [3.8, 4) is 0 Å². The lowest BCUT2D eigenvalue weighted by atomic mass is 9.46. The predicted molar refractivity (Wildman–Crippen MR) is 228 cm³/mol. The lowest BCUT2D eigenvalue weighted by Crippen LogP contribution is -2.65. The molecule has 20 nitrogen and oxygen atoms in total. The van der Waals surface area contributed by atoms with E-state index >= 15 is 0 Å². The van der Waals surface area contributed by atoms with E-state index in [1.807, 2.05) is 6.92 Å². The summed E-state index contributed by atoms with van der Waals surface area (Å²) < 4.78 is 48.1. The monoisotopic (exact) mass is 960 g/mol. The zero-order valence-corrected chi connectivity index (χ0v) is 39.3. The summed E-state index contributed by atoms with van der Waals surface area (Å²) in [4.78, 5) is 11.8. The second kappa shape index (κ2) is 19.8. The number of carbonyl (C=O) groups excluding carboxylic acids is 1. The molecule has 67 heavy (non-hydrogen) atoms. The van der Waals surface area contributed by atoms with Crippen LogP contribution in [0.1, 0.15) is 92.9 Å². The molecule has 0 bridgehead atoms. The number of allylic oxidation sites excluding steroid dienone is 1. The molecule has 0 aromatic rings. The number of fused-ring (bicyclic) bond motifs is 7. The molecule has 8 rings (SSSR count). The average molecular weight is 961 g/mol. The van der Waals surface area contributed by atoms with E-state index in [1.54, 1.807) is 0 Å². The molecule has 0 radical (unpaired) electrons. The molecule has 11 N–H and O–H groups in total. The molecule has 27 atom stereocenters. The fourth-order valence-electron chi connectivity index (χ4n) is 13.8. The van der Waals surface area contributed by atoms with Crippen LogP contribution in [0.25, 0.3) is 0 Å². The molecule has 0 aromatic heterocycles. The Bertz CT molecular complexity index is 1750. The molecule has 384 valence electrons. The SMILES string of the molecule is CC(=O)OC[C@H]1O[C@@H](O[C@@H]2C[C@H](O)CC3=CC[C@H]4[C@@H]5C[C@@H]6O[C@@](O)(CC[C@@H](C)CO[C@@H]7O[C@H](CO)[C@@H](O)[C@H](O)[C@H]7O)[C@@H](C)[C@@H]6[C@@]5(C)CC[C@@H]4[C@]32C)[C@H](O[C@@H]2O[C@@H](C)[C@H](O)[C@@H](O)[C@H]2O)[C@@H](O)[C@H]1O. The number of rotatable bonds is 13. The maximum Gasteiger partial charge on any atom is 0.302 e. The van der Waals surface area contributed by atoms with Gasteiger partial charge < -0.3 is 94.1 Å². The highest BCUT2D eigenvalue weighted by molar-refractivity contribution is 5.65. The molecule has 4 aliphatic carbocycles. The fourth-order valence-corrected chi connectivity index (χ4v) is 13.8. The number of hydrogen-bond donors (Lipinski definition) is 11. The summed E-state index contributed by atoms with van der Waals surface area (Å²) in [6.45, 7) is 10.3. The van der Waals surface area contributed by atoms with E-state index in [4.69, 9.17) is 37.9 Å². The molecule has 0 spiro atoms. The van der Waals surface area contributed by atoms with E-state index in [1.165, 1.54) is 13.8 Å². The summed E-state index contributed by atoms with van der Waals surface area (Å²) >= 11 is 0. The summed E-state index contributed by atoms with van der Waals surface area (Å²) in [7, 11) is 0. The maximum absolute atomic E-state index is 12.2. The van der Waals surface area contributed by atoms with Crippen LogP contribution >= 0.6 is 0 Å². The van der Waals surface area contributed by atoms with Crippen LogP contribution in [0, 0.1) is 46.3 Å². The van der Waals surface area contributed by atoms with Gasteiger partial charge in [0.2, 0.25) is 0 Å². The molecule has 7 fully saturated rings. The van der Waals surface area contributed by atoms with Crippen LogP contribution < -0.4 is 0 Å². The Kier molecular flexibility index (Phi) is 15.3. The van der Waals surface area contributed by atoms with Crippen LogP contribution in [-0.4, -0.2) is 198 Å². The molecule has 0 aromatic carbocycles. The van der Waals surface area contributed by atoms with Gasteiger partial charge in [0.1, 0.15) is 73.8 Å². The lowest BCUT2D eigenvalue weighted by molar-refractivity contribution is -0.374. The molecular weight excluding hydrogens is 884 g/mol. The van der Waals surface area contributed by atoms with E-state index in [0.717, 1.165) is 31.3 Å². The van der Waals surface area contributed by atoms with Crippen molar-refractivity contribution in [1.82, 2.24) is 0 Å². The summed E-state index contributed by atoms with van der Waals surface area (Å²) in [5.41, 5.74) is 0.231. The summed E-state index contributed by atoms with van der Waals surface area (Å²) in [5, 5.41) is 118. The predicted octanol–water partition coefficient (Wildman–Crippen LogP) is -1.29. The highest BCUT2D eigenvalue weighted by atomic mass is 16.8. The molecule has 4 saturated heterocycles. The molecule has 0 amide bonds. The van der Waals surface area contributed by atoms with Crippen LogP contribution in [0.15, 0.2) is 11.6 Å². The topological polar surface area (TPSA) is 313 Å². The first kappa shape index (κ1) is 51.8. The fraction of sp³-hybridized carbons (Fsp3) is 0.936. The Morgan fingerprint density at radius 3 is 2.19 bits per heavy atom. The van der Waals surface area contributed by atoms with Crippen molar-refractivity contribution in [2.45, 2.75) is 209 Å². The van der Waals surface area contributed by atoms with Gasteiger partial charge in [-0.25, -0.2) is 0 Å². The van der Waals surface area contributed by atoms with Crippen molar-refractivity contribution in [3.05, 3.63) is 11.6 Å². The van der Waals surface area contributed by atoms with Gasteiger partial charge in [0.15, 0.2) is 24.7 Å². The first-order valence-corrected chi connectivity index (χ1v) is 24.4. The molecule has 8 aliphatic rings. The van der Waals surface area contributed by atoms with Crippen molar-refractivity contribution < 1.29 is 98.9 Å². The second-order valence-corrected chi connectivity index (χ2v) is 21.7. The number of esters is 1. The minimum atomic E-state index is -1.74. The van der Waals surface area contributed by atoms with E-state index in [0.29, 0.717) is 19.3 Å². The second-order valence-electron chi connectivity index (χ2n) is 21.7. The third-order valence-corrected chi connectivity index (χ3v) is 17.7. The van der Waals surface area contributed by atoms with Crippen LogP contribution in [-0.2, 0) is 42.7 Å². The Morgan fingerprint density at radius 2 is 1.49 bits per heavy atom. The van der Waals surface area contributed by atoms with Gasteiger partial charge in [-0.05, 0) is 80.5 Å². The van der Waals surface area contributed by atoms with E-state index in [-0.39, 0.29) is 60.1 Å². The summed E-state index contributed by atoms with van der Waals surface area (Å²) in [6, 6.07) is 0. The first-order valence-electron chi connectivity index (χ1n) is 24.4. The molecule has 20 heteroatoms. The van der Waals surface area contributed by atoms with Crippen LogP contribution in [0.5, 0.6) is 0 Å². The van der Waals surface area contributed by atoms with Gasteiger partial charge in [-0.1, -0.05) is 39.3 Å². The summed E-state index contributed by atoms with van der Waals surface area (Å²) in [6.07, 6.45) is -16.5. The largest absolute Gasteiger partial charge is 0.463 e. The van der Waals surface area contributed by atoms with Crippen molar-refractivity contribution in [2.75, 3.05) is 19.8 Å². The minimum absolute atomic E-state index is 0.0675. The third kappa shape index (κ3) is 9.31. The lowest BCUT2D eigenvalue weighted by Gasteiger charge is -2.60. The molecule has 4 aliphatic heterocycles. The van der Waals surface area contributed by atoms with Gasteiger partial charge in [0.05, 0.1) is 37.6 Å². The van der Waals surface area contributed by atoms with Crippen molar-refractivity contribution in [1.29, 1.82) is 0 Å². The van der Waals surface area contributed by atoms with Crippen LogP contribution in [0.2, 0.25) is 0 Å². The van der Waals surface area contributed by atoms with Gasteiger partial charge in [-0.15, -0.1) is 0 Å². The normalized spacial score (nSPS) is 53.4. The molecular formula is C47H76O20. The van der Waals surface area contributed by atoms with Gasteiger partial charge in [-0.3, -0.25) is 4.79 Å². The van der Waals surface area contributed by atoms with Crippen LogP contribution in [0.4, 0.5) is 0 Å². The van der Waals surface area contributed by atoms with Gasteiger partial charge >= 0.3 is 5.97 Å². The Morgan fingerprint density at radius 1 is 0.821 bits per heavy atom. The highest BCUT2D eigenvalue weighted by Gasteiger charge is 2.69. The Balaban J connectivity index is 0.966. The number of aliphatic hydroxyl groups excluding tert-OH is 10. The van der Waals surface area contributed by atoms with E-state index in [2.05, 4.69) is 26.8 Å². The van der Waals surface area contributed by atoms with Gasteiger partial charge in [-0.2, -0.15) is 0 Å². The number of ether oxygens (including phenoxy) is 8. The maximum atomic E-state index is 12.2. The zero-order chi connectivity index (χ0) is 48.7. The Hall–Kier alpha value is -1.51. The Labute approximate surface area is 391 Å². The summed E-state index contributed by atoms with van der Waals surface area (Å²) in [5.74, 6) is -1.77. The van der Waals surface area contributed by atoms with Crippen LogP contribution in [0.3, 0.4) is 0 Å². The van der Waals surface area contributed by atoms with E-state index < -0.39 is 135 Å². The third-order valence-electron chi connectivity index (χ3n) is 17.7. The number of hydrogen-bond acceptors (Lipinski definition) is 20. The van der Waals surface area contributed by atoms with Crippen molar-refractivity contribution in [3.63, 3.8) is 0 Å². The van der Waals surface area contributed by atoms with Crippen molar-refractivity contribution in [2.24, 2.45) is 46.3 Å². The van der Waals surface area contributed by atoms with E-state index in [9.17, 15) is 61.0 Å². The molecule has 3 saturated carbocycles. The number of carbonyl (C=O) groups is 1. The first-order chi connectivity index (χ1) is 31.5. The average Bonchev–Trinajstić information content (AvgIpc) is 3.72. The van der Waals surface area contributed by atoms with Crippen molar-refractivity contribution >= 4 is 5.97 Å².